The third-order valence-corrected chi connectivity index (χ3v) is 6.18. The van der Waals surface area contributed by atoms with Gasteiger partial charge in [-0.15, -0.1) is 5.11 Å². The van der Waals surface area contributed by atoms with E-state index < -0.39 is 49.1 Å². The van der Waals surface area contributed by atoms with Crippen molar-refractivity contribution in [2.45, 2.75) is 63.9 Å². The van der Waals surface area contributed by atoms with E-state index in [1.54, 1.807) is 0 Å². The highest BCUT2D eigenvalue weighted by molar-refractivity contribution is 6.66. The summed E-state index contributed by atoms with van der Waals surface area (Å²) >= 11 is 0. The van der Waals surface area contributed by atoms with Crippen LogP contribution >= 0.6 is 0 Å². The molecule has 1 aliphatic carbocycles. The van der Waals surface area contributed by atoms with E-state index in [4.69, 9.17) is 92.0 Å². The molecule has 4 atom stereocenters. The van der Waals surface area contributed by atoms with E-state index >= 15 is 0 Å². The fraction of sp³-hybridized carbons (Fsp3) is 0.688. The Morgan fingerprint density at radius 3 is 2.00 bits per heavy atom. The monoisotopic (exact) mass is 431 g/mol. The van der Waals surface area contributed by atoms with Gasteiger partial charge in [-0.05, 0) is 26.2 Å². The molecule has 0 aliphatic heterocycles. The number of carbonyl (C=O) groups excluding carboxylic acids is 1. The highest BCUT2D eigenvalue weighted by atomic mass is 16.3. The number of nitrogens with two attached hydrogens (primary N) is 1. The minimum absolute atomic E-state index is 0.0454. The molecule has 0 saturated heterocycles. The predicted octanol–water partition coefficient (Wildman–Crippen LogP) is -3.30. The third kappa shape index (κ3) is 4.00. The fourth-order valence-corrected chi connectivity index (χ4v) is 3.91. The van der Waals surface area contributed by atoms with Gasteiger partial charge >= 0.3 is 0 Å². The van der Waals surface area contributed by atoms with Crippen LogP contribution in [0.2, 0.25) is 26.7 Å². The van der Waals surface area contributed by atoms with Crippen molar-refractivity contribution >= 4 is 104 Å². The van der Waals surface area contributed by atoms with E-state index in [2.05, 4.69) is 20.6 Å². The number of primary amides is 1. The van der Waals surface area contributed by atoms with Gasteiger partial charge in [-0.3, -0.25) is 4.79 Å². The molecule has 1 heterocycles. The second kappa shape index (κ2) is 8.17. The Bertz CT molecular complexity index is 981. The van der Waals surface area contributed by atoms with Crippen LogP contribution in [0.5, 0.6) is 0 Å². The van der Waals surface area contributed by atoms with Crippen molar-refractivity contribution in [1.82, 2.24) is 9.97 Å². The molecule has 0 spiro atoms. The Hall–Kier alpha value is -1.18. The number of nitrogens with one attached hydrogen (secondary N) is 2. The van der Waals surface area contributed by atoms with Crippen LogP contribution in [0, 0.1) is 0 Å². The number of rotatable bonds is 5. The molecule has 1 fully saturated rings. The molecule has 1 aromatic rings. The molecule has 5 N–H and O–H groups in total. The lowest BCUT2D eigenvalue weighted by molar-refractivity contribution is 0.00913. The molecule has 18 heteroatoms. The minimum Gasteiger partial charge on any atom is -0.401 e. The average Bonchev–Trinajstić information content (AvgIpc) is 2.62. The summed E-state index contributed by atoms with van der Waals surface area (Å²) in [7, 11) is 67.3. The molecule has 2 rings (SSSR count). The van der Waals surface area contributed by atoms with Gasteiger partial charge in [-0.2, -0.15) is 4.98 Å². The zero-order valence-corrected chi connectivity index (χ0v) is 19.3. The first-order chi connectivity index (χ1) is 14.9. The largest absolute Gasteiger partial charge is 0.401 e. The van der Waals surface area contributed by atoms with E-state index in [1.807, 2.05) is 20.8 Å². The maximum Gasteiger partial charge on any atom is 0.254 e. The van der Waals surface area contributed by atoms with Gasteiger partial charge in [-0.1, -0.05) is 21.6 Å². The maximum absolute atomic E-state index is 12.1. The van der Waals surface area contributed by atoms with E-state index in [0.29, 0.717) is 0 Å². The number of hydrogen-bond donors (Lipinski definition) is 4. The molecule has 4 unspecified atom stereocenters. The summed E-state index contributed by atoms with van der Waals surface area (Å²) in [5.74, 6) is -3.08. The fourth-order valence-electron chi connectivity index (χ4n) is 3.91. The van der Waals surface area contributed by atoms with Crippen molar-refractivity contribution in [3.63, 3.8) is 0 Å². The Morgan fingerprint density at radius 2 is 1.59 bits per heavy atom. The number of aliphatic hydroxyl groups is 1. The Balaban J connectivity index is 2.79. The first-order valence-corrected chi connectivity index (χ1v) is 9.98. The van der Waals surface area contributed by atoms with Crippen LogP contribution in [0.15, 0.2) is 6.20 Å². The van der Waals surface area contributed by atoms with Crippen LogP contribution < -0.4 is 16.4 Å². The smallest absolute Gasteiger partial charge is 0.254 e. The molecule has 0 aromatic carbocycles. The summed E-state index contributed by atoms with van der Waals surface area (Å²) in [4.78, 5) is 20.3. The summed E-state index contributed by atoms with van der Waals surface area (Å²) in [6, 6.07) is 0. The number of amides is 1. The average molecular weight is 429 g/mol. The van der Waals surface area contributed by atoms with Crippen LogP contribution in [0.1, 0.15) is 31.1 Å². The van der Waals surface area contributed by atoms with E-state index in [1.165, 1.54) is 0 Å². The van der Waals surface area contributed by atoms with Crippen LogP contribution in [0.3, 0.4) is 0 Å². The summed E-state index contributed by atoms with van der Waals surface area (Å²) in [5.41, 5.74) is -0.888. The topological polar surface area (TPSA) is 113 Å². The van der Waals surface area contributed by atoms with Gasteiger partial charge in [-0.25, -0.2) is 4.98 Å². The molecule has 1 saturated carbocycles. The minimum atomic E-state index is -3.02. The molecule has 1 aliphatic rings. The van der Waals surface area contributed by atoms with E-state index in [0.717, 1.165) is 6.20 Å². The zero-order valence-electron chi connectivity index (χ0n) is 19.3. The Morgan fingerprint density at radius 1 is 1.09 bits per heavy atom. The zero-order chi connectivity index (χ0) is 26.9. The molecular formula is C16H16B11N5O2. The molecule has 150 valence electrons. The Labute approximate surface area is 215 Å². The number of anilines is 2. The molecular weight excluding hydrogens is 413 g/mol. The number of hydrogen-bond acceptors (Lipinski definition) is 6. The standard InChI is InChI=1S/C16H16B11N5O2/c1-10(2,3)32-9-29-4-5(6(28)33)7(30-9)31-14(23)12(19,20)8(17)11(18,16(25,26)27)15(24,34)13(14,21)22/h4,8,34H,1-3H3,(H2,28,33)(H2,29,30,31,32). The first-order valence-electron chi connectivity index (χ1n) is 9.98. The summed E-state index contributed by atoms with van der Waals surface area (Å²) < 4.78 is 0. The Kier molecular flexibility index (Phi) is 6.99. The molecule has 0 bridgehead atoms. The van der Waals surface area contributed by atoms with Crippen LogP contribution in [0.4, 0.5) is 11.8 Å². The summed E-state index contributed by atoms with van der Waals surface area (Å²) in [6.07, 6.45) is 1.10. The summed E-state index contributed by atoms with van der Waals surface area (Å²) in [6.45, 7) is 5.50. The highest BCUT2D eigenvalue weighted by Gasteiger charge is 2.70. The maximum atomic E-state index is 12.1. The summed E-state index contributed by atoms with van der Waals surface area (Å²) in [5, 5.41) is 6.48. The van der Waals surface area contributed by atoms with E-state index in [9.17, 15) is 9.90 Å². The second-order valence-electron chi connectivity index (χ2n) is 9.98. The lowest BCUT2D eigenvalue weighted by Crippen LogP contribution is -2.78. The molecule has 7 nitrogen and oxygen atoms in total. The van der Waals surface area contributed by atoms with Crippen LogP contribution in [0.25, 0.3) is 0 Å². The van der Waals surface area contributed by atoms with Crippen molar-refractivity contribution in [2.75, 3.05) is 10.6 Å². The number of carbonyl (C=O) groups is 1. The number of aromatic nitrogens is 2. The van der Waals surface area contributed by atoms with Crippen molar-refractivity contribution < 1.29 is 9.90 Å². The molecule has 1 amide bonds. The van der Waals surface area contributed by atoms with E-state index in [-0.39, 0.29) is 17.3 Å². The SMILES string of the molecule is [B]C1C([B])([B])C([B])(Nc2nc(NC(C)(C)C)ncc2C(N)=O)C([B])([B])C([B])(O)C1([B])C([B])([B])[B]. The molecule has 1 aromatic heterocycles. The van der Waals surface area contributed by atoms with Gasteiger partial charge in [0.05, 0.1) is 76.2 Å². The van der Waals surface area contributed by atoms with Crippen LogP contribution in [-0.4, -0.2) is 124 Å². The molecule has 34 heavy (non-hydrogen) atoms. The highest BCUT2D eigenvalue weighted by Crippen LogP contribution is 2.76. The van der Waals surface area contributed by atoms with Gasteiger partial charge in [0, 0.05) is 17.2 Å². The van der Waals surface area contributed by atoms with Crippen molar-refractivity contribution in [2.24, 2.45) is 5.73 Å². The number of nitrogens with zero attached hydrogens (tertiary/aromatic N) is 2. The van der Waals surface area contributed by atoms with Crippen molar-refractivity contribution in [3.05, 3.63) is 11.8 Å². The quantitative estimate of drug-likeness (QED) is 0.365. The van der Waals surface area contributed by atoms with Gasteiger partial charge < -0.3 is 21.5 Å². The lowest BCUT2D eigenvalue weighted by Gasteiger charge is -2.79. The second-order valence-corrected chi connectivity index (χ2v) is 9.98. The normalized spacial score (nSPS) is 33.0. The lowest BCUT2D eigenvalue weighted by atomic mass is 9.05. The van der Waals surface area contributed by atoms with Crippen molar-refractivity contribution in [1.29, 1.82) is 0 Å². The third-order valence-electron chi connectivity index (χ3n) is 6.18. The van der Waals surface area contributed by atoms with Crippen molar-refractivity contribution in [3.8, 4) is 0 Å². The molecule has 22 radical (unpaired) electrons. The van der Waals surface area contributed by atoms with Gasteiger partial charge in [0.2, 0.25) is 5.95 Å². The van der Waals surface area contributed by atoms with Crippen LogP contribution in [-0.2, 0) is 0 Å². The predicted molar refractivity (Wildman–Crippen MR) is 143 cm³/mol. The van der Waals surface area contributed by atoms with Gasteiger partial charge in [0.1, 0.15) is 21.5 Å². The first kappa shape index (κ1) is 29.1. The van der Waals surface area contributed by atoms with Gasteiger partial charge in [0.15, 0.2) is 0 Å². The van der Waals surface area contributed by atoms with Gasteiger partial charge in [0.25, 0.3) is 5.91 Å².